The van der Waals surface area contributed by atoms with Crippen LogP contribution in [0.25, 0.3) is 0 Å². The van der Waals surface area contributed by atoms with E-state index < -0.39 is 0 Å². The molecule has 1 unspecified atom stereocenters. The second-order valence-electron chi connectivity index (χ2n) is 3.61. The van der Waals surface area contributed by atoms with Gasteiger partial charge in [-0.2, -0.15) is 0 Å². The summed E-state index contributed by atoms with van der Waals surface area (Å²) in [6.45, 7) is 6.79. The molecule has 1 heterocycles. The summed E-state index contributed by atoms with van der Waals surface area (Å²) in [6.07, 6.45) is 2.05. The van der Waals surface area contributed by atoms with Crippen molar-refractivity contribution in [2.45, 2.75) is 32.2 Å². The van der Waals surface area contributed by atoms with Crippen LogP contribution in [0.4, 0.5) is 0 Å². The van der Waals surface area contributed by atoms with Gasteiger partial charge in [0.15, 0.2) is 0 Å². The van der Waals surface area contributed by atoms with Crippen LogP contribution in [0.15, 0.2) is 0 Å². The van der Waals surface area contributed by atoms with E-state index in [0.717, 1.165) is 26.0 Å². The molecule has 0 aliphatic carbocycles. The Morgan fingerprint density at radius 1 is 1.50 bits per heavy atom. The van der Waals surface area contributed by atoms with E-state index in [0.29, 0.717) is 12.6 Å². The lowest BCUT2D eigenvalue weighted by molar-refractivity contribution is 0.0133. The van der Waals surface area contributed by atoms with E-state index in [1.807, 2.05) is 0 Å². The minimum atomic E-state index is -0.0343. The van der Waals surface area contributed by atoms with Crippen LogP contribution in [0.3, 0.4) is 0 Å². The van der Waals surface area contributed by atoms with Crippen molar-refractivity contribution in [3.05, 3.63) is 0 Å². The molecule has 72 valence electrons. The fourth-order valence-electron chi connectivity index (χ4n) is 1.76. The van der Waals surface area contributed by atoms with E-state index in [9.17, 15) is 0 Å². The highest BCUT2D eigenvalue weighted by molar-refractivity contribution is 4.90. The zero-order chi connectivity index (χ0) is 9.03. The van der Waals surface area contributed by atoms with Gasteiger partial charge in [0.25, 0.3) is 0 Å². The molecule has 0 saturated carbocycles. The zero-order valence-electron chi connectivity index (χ0n) is 8.10. The van der Waals surface area contributed by atoms with Crippen molar-refractivity contribution in [3.8, 4) is 0 Å². The summed E-state index contributed by atoms with van der Waals surface area (Å²) in [7, 11) is 0. The monoisotopic (exact) mass is 172 g/mol. The first-order valence-electron chi connectivity index (χ1n) is 4.80. The highest BCUT2D eigenvalue weighted by Gasteiger charge is 2.32. The average Bonchev–Trinajstić information content (AvgIpc) is 2.18. The van der Waals surface area contributed by atoms with Gasteiger partial charge in [0, 0.05) is 18.0 Å². The maximum absolute atomic E-state index is 6.25. The first-order chi connectivity index (χ1) is 5.73. The second kappa shape index (κ2) is 4.21. The molecular formula is C9H20N2O. The maximum Gasteiger partial charge on any atom is 0.0965 e. The third kappa shape index (κ3) is 1.97. The summed E-state index contributed by atoms with van der Waals surface area (Å²) in [6, 6.07) is 0. The minimum Gasteiger partial charge on any atom is -0.366 e. The minimum absolute atomic E-state index is 0.0343. The van der Waals surface area contributed by atoms with Gasteiger partial charge >= 0.3 is 0 Å². The predicted molar refractivity (Wildman–Crippen MR) is 49.8 cm³/mol. The first kappa shape index (κ1) is 9.96. The molecule has 3 N–H and O–H groups in total. The quantitative estimate of drug-likeness (QED) is 0.658. The molecule has 1 saturated heterocycles. The van der Waals surface area contributed by atoms with Crippen LogP contribution >= 0.6 is 0 Å². The summed E-state index contributed by atoms with van der Waals surface area (Å²) >= 11 is 0. The van der Waals surface area contributed by atoms with Crippen LogP contribution in [-0.4, -0.2) is 25.4 Å². The van der Waals surface area contributed by atoms with Crippen LogP contribution in [0, 0.1) is 5.92 Å². The Balaban J connectivity index is 2.51. The first-order valence-corrected chi connectivity index (χ1v) is 4.80. The Morgan fingerprint density at radius 3 is 2.58 bits per heavy atom. The number of hydrogen-bond donors (Lipinski definition) is 2. The van der Waals surface area contributed by atoms with Gasteiger partial charge in [-0.25, -0.2) is 0 Å². The van der Waals surface area contributed by atoms with E-state index in [4.69, 9.17) is 10.5 Å². The third-order valence-electron chi connectivity index (χ3n) is 3.04. The Bertz CT molecular complexity index is 128. The van der Waals surface area contributed by atoms with E-state index >= 15 is 0 Å². The fourth-order valence-corrected chi connectivity index (χ4v) is 1.76. The molecule has 1 fully saturated rings. The Labute approximate surface area is 74.7 Å². The molecule has 12 heavy (non-hydrogen) atoms. The van der Waals surface area contributed by atoms with Crippen molar-refractivity contribution >= 4 is 0 Å². The van der Waals surface area contributed by atoms with Crippen molar-refractivity contribution < 1.29 is 4.74 Å². The average molecular weight is 172 g/mol. The van der Waals surface area contributed by atoms with Gasteiger partial charge in [-0.1, -0.05) is 13.8 Å². The summed E-state index contributed by atoms with van der Waals surface area (Å²) < 4.78 is 5.34. The molecule has 0 aromatic heterocycles. The third-order valence-corrected chi connectivity index (χ3v) is 3.04. The van der Waals surface area contributed by atoms with Crippen molar-refractivity contribution in [2.75, 3.05) is 19.9 Å². The van der Waals surface area contributed by atoms with E-state index in [1.165, 1.54) is 0 Å². The van der Waals surface area contributed by atoms with Crippen LogP contribution in [0.2, 0.25) is 0 Å². The van der Waals surface area contributed by atoms with Crippen molar-refractivity contribution in [1.29, 1.82) is 0 Å². The molecule has 0 spiro atoms. The number of ether oxygens (including phenoxy) is 1. The smallest absolute Gasteiger partial charge is 0.0965 e. The van der Waals surface area contributed by atoms with Gasteiger partial charge in [-0.05, 0) is 12.8 Å². The maximum atomic E-state index is 6.25. The molecule has 1 aliphatic rings. The molecule has 0 bridgehead atoms. The normalized spacial score (nSPS) is 25.8. The SMILES string of the molecule is CCC(N)(CC)C1CNCOC1. The molecule has 1 atom stereocenters. The summed E-state index contributed by atoms with van der Waals surface area (Å²) in [5, 5.41) is 3.21. The number of hydrogen-bond acceptors (Lipinski definition) is 3. The Kier molecular flexibility index (Phi) is 3.50. The molecule has 0 aromatic carbocycles. The fraction of sp³-hybridized carbons (Fsp3) is 1.00. The number of nitrogens with two attached hydrogens (primary N) is 1. The van der Waals surface area contributed by atoms with Crippen molar-refractivity contribution in [1.82, 2.24) is 5.32 Å². The van der Waals surface area contributed by atoms with Gasteiger partial charge < -0.3 is 10.5 Å². The lowest BCUT2D eigenvalue weighted by atomic mass is 9.80. The lowest BCUT2D eigenvalue weighted by Crippen LogP contribution is -2.54. The molecule has 1 rings (SSSR count). The zero-order valence-corrected chi connectivity index (χ0v) is 8.10. The topological polar surface area (TPSA) is 47.3 Å². The van der Waals surface area contributed by atoms with E-state index in [2.05, 4.69) is 19.2 Å². The van der Waals surface area contributed by atoms with Gasteiger partial charge in [-0.3, -0.25) is 5.32 Å². The van der Waals surface area contributed by atoms with Gasteiger partial charge in [0.05, 0.1) is 13.3 Å². The standard InChI is InChI=1S/C9H20N2O/c1-3-9(10,4-2)8-5-11-7-12-6-8/h8,11H,3-7,10H2,1-2H3. The van der Waals surface area contributed by atoms with E-state index in [-0.39, 0.29) is 5.54 Å². The van der Waals surface area contributed by atoms with Crippen LogP contribution in [-0.2, 0) is 4.74 Å². The largest absolute Gasteiger partial charge is 0.366 e. The number of nitrogens with one attached hydrogen (secondary N) is 1. The van der Waals surface area contributed by atoms with Gasteiger partial charge in [0.2, 0.25) is 0 Å². The van der Waals surface area contributed by atoms with Crippen LogP contribution in [0.5, 0.6) is 0 Å². The molecule has 3 heteroatoms. The molecule has 0 amide bonds. The highest BCUT2D eigenvalue weighted by Crippen LogP contribution is 2.23. The Hall–Kier alpha value is -0.120. The van der Waals surface area contributed by atoms with Crippen molar-refractivity contribution in [2.24, 2.45) is 11.7 Å². The van der Waals surface area contributed by atoms with Crippen LogP contribution < -0.4 is 11.1 Å². The second-order valence-corrected chi connectivity index (χ2v) is 3.61. The highest BCUT2D eigenvalue weighted by atomic mass is 16.5. The molecule has 0 aromatic rings. The summed E-state index contributed by atoms with van der Waals surface area (Å²) in [4.78, 5) is 0. The van der Waals surface area contributed by atoms with Gasteiger partial charge in [0.1, 0.15) is 0 Å². The van der Waals surface area contributed by atoms with E-state index in [1.54, 1.807) is 0 Å². The predicted octanol–water partition coefficient (Wildman–Crippen LogP) is 0.697. The molecule has 3 nitrogen and oxygen atoms in total. The molecule has 1 aliphatic heterocycles. The number of rotatable bonds is 3. The summed E-state index contributed by atoms with van der Waals surface area (Å²) in [5.74, 6) is 0.473. The van der Waals surface area contributed by atoms with Crippen LogP contribution in [0.1, 0.15) is 26.7 Å². The summed E-state index contributed by atoms with van der Waals surface area (Å²) in [5.41, 5.74) is 6.22. The van der Waals surface area contributed by atoms with Gasteiger partial charge in [-0.15, -0.1) is 0 Å². The van der Waals surface area contributed by atoms with Crippen molar-refractivity contribution in [3.63, 3.8) is 0 Å². The lowest BCUT2D eigenvalue weighted by Gasteiger charge is -2.38. The molecular weight excluding hydrogens is 152 g/mol. The Morgan fingerprint density at radius 2 is 2.17 bits per heavy atom. The molecule has 0 radical (unpaired) electrons.